The Hall–Kier alpha value is -2.04. The lowest BCUT2D eigenvalue weighted by molar-refractivity contribution is -0.138. The third-order valence-electron chi connectivity index (χ3n) is 3.83. The first-order chi connectivity index (χ1) is 10.0. The van der Waals surface area contributed by atoms with E-state index >= 15 is 0 Å². The van der Waals surface area contributed by atoms with Crippen LogP contribution in [0.25, 0.3) is 0 Å². The third-order valence-corrected chi connectivity index (χ3v) is 3.83. The Morgan fingerprint density at radius 3 is 2.71 bits per heavy atom. The number of likely N-dealkylation sites (tertiary alicyclic amines) is 1. The molecule has 2 rings (SSSR count). The third kappa shape index (κ3) is 4.77. The van der Waals surface area contributed by atoms with Gasteiger partial charge in [-0.2, -0.15) is 0 Å². The normalized spacial score (nSPS) is 18.3. The van der Waals surface area contributed by atoms with Gasteiger partial charge in [-0.1, -0.05) is 29.8 Å². The summed E-state index contributed by atoms with van der Waals surface area (Å²) in [6.07, 6.45) is 1.89. The van der Waals surface area contributed by atoms with E-state index in [1.165, 1.54) is 5.56 Å². The number of benzene rings is 1. The fourth-order valence-corrected chi connectivity index (χ4v) is 2.66. The van der Waals surface area contributed by atoms with Crippen molar-refractivity contribution in [1.29, 1.82) is 0 Å². The molecule has 5 nitrogen and oxygen atoms in total. The molecule has 1 unspecified atom stereocenters. The molecule has 1 aromatic rings. The number of carbonyl (C=O) groups is 2. The number of nitrogens with zero attached hydrogens (tertiary/aromatic N) is 1. The standard InChI is InChI=1S/C16H22N2O3/c1-12-4-6-13(7-5-12)10-17-16(21)18-8-2-3-14(11-18)9-15(19)20/h4-7,14H,2-3,8-11H2,1H3,(H,17,21)(H,19,20). The van der Waals surface area contributed by atoms with Crippen LogP contribution in [-0.2, 0) is 11.3 Å². The molecule has 1 aromatic carbocycles. The molecule has 2 N–H and O–H groups in total. The summed E-state index contributed by atoms with van der Waals surface area (Å²) < 4.78 is 0. The van der Waals surface area contributed by atoms with Crippen LogP contribution in [-0.4, -0.2) is 35.1 Å². The zero-order valence-electron chi connectivity index (χ0n) is 12.3. The number of nitrogens with one attached hydrogen (secondary N) is 1. The Morgan fingerprint density at radius 1 is 1.33 bits per heavy atom. The van der Waals surface area contributed by atoms with Gasteiger partial charge in [-0.05, 0) is 31.2 Å². The predicted octanol–water partition coefficient (Wildman–Crippen LogP) is 2.39. The van der Waals surface area contributed by atoms with Crippen molar-refractivity contribution in [3.63, 3.8) is 0 Å². The van der Waals surface area contributed by atoms with Crippen molar-refractivity contribution in [3.8, 4) is 0 Å². The molecule has 1 atom stereocenters. The first kappa shape index (κ1) is 15.4. The Morgan fingerprint density at radius 2 is 2.05 bits per heavy atom. The molecule has 1 aliphatic rings. The monoisotopic (exact) mass is 290 g/mol. The van der Waals surface area contributed by atoms with Gasteiger partial charge in [-0.15, -0.1) is 0 Å². The van der Waals surface area contributed by atoms with Gasteiger partial charge >= 0.3 is 12.0 Å². The van der Waals surface area contributed by atoms with E-state index < -0.39 is 5.97 Å². The Bertz CT molecular complexity index is 499. The number of piperidine rings is 1. The smallest absolute Gasteiger partial charge is 0.317 e. The number of carbonyl (C=O) groups excluding carboxylic acids is 1. The van der Waals surface area contributed by atoms with Gasteiger partial charge in [0.1, 0.15) is 0 Å². The van der Waals surface area contributed by atoms with Crippen LogP contribution in [0.4, 0.5) is 4.79 Å². The first-order valence-electron chi connectivity index (χ1n) is 7.34. The average molecular weight is 290 g/mol. The van der Waals surface area contributed by atoms with Crippen molar-refractivity contribution in [1.82, 2.24) is 10.2 Å². The first-order valence-corrected chi connectivity index (χ1v) is 7.34. The number of aliphatic carboxylic acids is 1. The van der Waals surface area contributed by atoms with Crippen molar-refractivity contribution >= 4 is 12.0 Å². The molecule has 0 aromatic heterocycles. The summed E-state index contributed by atoms with van der Waals surface area (Å²) in [6, 6.07) is 7.93. The highest BCUT2D eigenvalue weighted by atomic mass is 16.4. The van der Waals surface area contributed by atoms with Crippen LogP contribution in [0.15, 0.2) is 24.3 Å². The highest BCUT2D eigenvalue weighted by Crippen LogP contribution is 2.19. The van der Waals surface area contributed by atoms with Crippen LogP contribution in [0.1, 0.15) is 30.4 Å². The summed E-state index contributed by atoms with van der Waals surface area (Å²) in [4.78, 5) is 24.6. The number of hydrogen-bond acceptors (Lipinski definition) is 2. The molecular formula is C16H22N2O3. The minimum Gasteiger partial charge on any atom is -0.481 e. The lowest BCUT2D eigenvalue weighted by atomic mass is 9.95. The van der Waals surface area contributed by atoms with Crippen LogP contribution < -0.4 is 5.32 Å². The van der Waals surface area contributed by atoms with Gasteiger partial charge in [-0.3, -0.25) is 4.79 Å². The summed E-state index contributed by atoms with van der Waals surface area (Å²) in [5.41, 5.74) is 2.26. The van der Waals surface area contributed by atoms with E-state index in [1.807, 2.05) is 31.2 Å². The van der Waals surface area contributed by atoms with Gasteiger partial charge in [0.25, 0.3) is 0 Å². The zero-order valence-corrected chi connectivity index (χ0v) is 12.3. The van der Waals surface area contributed by atoms with Gasteiger partial charge in [0.2, 0.25) is 0 Å². The molecule has 0 bridgehead atoms. The molecule has 2 amide bonds. The minimum absolute atomic E-state index is 0.0707. The number of carboxylic acids is 1. The number of rotatable bonds is 4. The quantitative estimate of drug-likeness (QED) is 0.894. The molecule has 114 valence electrons. The number of hydrogen-bond donors (Lipinski definition) is 2. The van der Waals surface area contributed by atoms with E-state index in [0.29, 0.717) is 19.6 Å². The van der Waals surface area contributed by atoms with Crippen molar-refractivity contribution in [3.05, 3.63) is 35.4 Å². The van der Waals surface area contributed by atoms with E-state index in [9.17, 15) is 9.59 Å². The second kappa shape index (κ2) is 7.11. The molecule has 1 fully saturated rings. The highest BCUT2D eigenvalue weighted by molar-refractivity contribution is 5.74. The van der Waals surface area contributed by atoms with Crippen molar-refractivity contribution < 1.29 is 14.7 Å². The second-order valence-electron chi connectivity index (χ2n) is 5.70. The highest BCUT2D eigenvalue weighted by Gasteiger charge is 2.24. The summed E-state index contributed by atoms with van der Waals surface area (Å²) in [5.74, 6) is -0.719. The Kier molecular flexibility index (Phi) is 5.20. The van der Waals surface area contributed by atoms with E-state index in [4.69, 9.17) is 5.11 Å². The van der Waals surface area contributed by atoms with Gasteiger partial charge in [0, 0.05) is 26.1 Å². The second-order valence-corrected chi connectivity index (χ2v) is 5.70. The predicted molar refractivity (Wildman–Crippen MR) is 80.0 cm³/mol. The maximum Gasteiger partial charge on any atom is 0.317 e. The largest absolute Gasteiger partial charge is 0.481 e. The van der Waals surface area contributed by atoms with Gasteiger partial charge in [0.15, 0.2) is 0 Å². The SMILES string of the molecule is Cc1ccc(CNC(=O)N2CCCC(CC(=O)O)C2)cc1. The molecule has 0 spiro atoms. The number of aryl methyl sites for hydroxylation is 1. The van der Waals surface area contributed by atoms with E-state index in [0.717, 1.165) is 18.4 Å². The van der Waals surface area contributed by atoms with Crippen molar-refractivity contribution in [2.75, 3.05) is 13.1 Å². The fraction of sp³-hybridized carbons (Fsp3) is 0.500. The van der Waals surface area contributed by atoms with E-state index in [1.54, 1.807) is 4.90 Å². The summed E-state index contributed by atoms with van der Waals surface area (Å²) in [6.45, 7) is 3.76. The average Bonchev–Trinajstić information content (AvgIpc) is 2.46. The molecular weight excluding hydrogens is 268 g/mol. The zero-order chi connectivity index (χ0) is 15.2. The lowest BCUT2D eigenvalue weighted by Gasteiger charge is -2.32. The summed E-state index contributed by atoms with van der Waals surface area (Å²) in [7, 11) is 0. The van der Waals surface area contributed by atoms with Gasteiger partial charge in [0.05, 0.1) is 0 Å². The molecule has 1 saturated heterocycles. The van der Waals surface area contributed by atoms with Crippen molar-refractivity contribution in [2.24, 2.45) is 5.92 Å². The lowest BCUT2D eigenvalue weighted by Crippen LogP contribution is -2.45. The number of urea groups is 1. The number of carboxylic acid groups (broad SMARTS) is 1. The molecule has 1 aliphatic heterocycles. The van der Waals surface area contributed by atoms with Crippen LogP contribution in [0.2, 0.25) is 0 Å². The van der Waals surface area contributed by atoms with Gasteiger partial charge < -0.3 is 15.3 Å². The topological polar surface area (TPSA) is 69.6 Å². The maximum absolute atomic E-state index is 12.1. The molecule has 5 heteroatoms. The summed E-state index contributed by atoms with van der Waals surface area (Å²) >= 11 is 0. The molecule has 1 heterocycles. The van der Waals surface area contributed by atoms with Crippen LogP contribution >= 0.6 is 0 Å². The van der Waals surface area contributed by atoms with Crippen LogP contribution in [0, 0.1) is 12.8 Å². The number of amides is 2. The maximum atomic E-state index is 12.1. The molecule has 0 aliphatic carbocycles. The van der Waals surface area contributed by atoms with Crippen LogP contribution in [0.3, 0.4) is 0 Å². The van der Waals surface area contributed by atoms with Crippen LogP contribution in [0.5, 0.6) is 0 Å². The summed E-state index contributed by atoms with van der Waals surface area (Å²) in [5, 5.41) is 11.7. The van der Waals surface area contributed by atoms with E-state index in [-0.39, 0.29) is 18.4 Å². The molecule has 0 saturated carbocycles. The molecule has 0 radical (unpaired) electrons. The molecule has 21 heavy (non-hydrogen) atoms. The minimum atomic E-state index is -0.790. The van der Waals surface area contributed by atoms with Gasteiger partial charge in [-0.25, -0.2) is 4.79 Å². The Labute approximate surface area is 125 Å². The van der Waals surface area contributed by atoms with E-state index in [2.05, 4.69) is 5.32 Å². The van der Waals surface area contributed by atoms with Crippen molar-refractivity contribution in [2.45, 2.75) is 32.7 Å². The fourth-order valence-electron chi connectivity index (χ4n) is 2.66. The Balaban J connectivity index is 1.82.